The van der Waals surface area contributed by atoms with Crippen LogP contribution in [0.5, 0.6) is 0 Å². The minimum atomic E-state index is -0.0805. The summed E-state index contributed by atoms with van der Waals surface area (Å²) < 4.78 is 0. The van der Waals surface area contributed by atoms with E-state index in [9.17, 15) is 5.11 Å². The van der Waals surface area contributed by atoms with E-state index in [4.69, 9.17) is 0 Å². The van der Waals surface area contributed by atoms with Gasteiger partial charge in [0.1, 0.15) is 5.82 Å². The first-order valence-electron chi connectivity index (χ1n) is 5.57. The first kappa shape index (κ1) is 12.9. The van der Waals surface area contributed by atoms with Crippen LogP contribution >= 0.6 is 11.8 Å². The van der Waals surface area contributed by atoms with Crippen molar-refractivity contribution >= 4 is 23.3 Å². The van der Waals surface area contributed by atoms with Crippen LogP contribution < -0.4 is 5.32 Å². The lowest BCUT2D eigenvalue weighted by molar-refractivity contribution is 0.281. The summed E-state index contributed by atoms with van der Waals surface area (Å²) in [6.45, 7) is 1.96. The van der Waals surface area contributed by atoms with Crippen LogP contribution in [0.3, 0.4) is 0 Å². The molecule has 0 fully saturated rings. The third kappa shape index (κ3) is 3.00. The Balaban J connectivity index is 2.29. The molecule has 4 nitrogen and oxygen atoms in total. The van der Waals surface area contributed by atoms with Crippen molar-refractivity contribution in [3.8, 4) is 0 Å². The smallest absolute Gasteiger partial charge is 0.189 e. The van der Waals surface area contributed by atoms with Gasteiger partial charge in [0, 0.05) is 17.4 Å². The highest BCUT2D eigenvalue weighted by Crippen LogP contribution is 2.21. The molecule has 1 aromatic carbocycles. The summed E-state index contributed by atoms with van der Waals surface area (Å²) >= 11 is 1.47. The predicted octanol–water partition coefficient (Wildman–Crippen LogP) is 2.74. The second-order valence-electron chi connectivity index (χ2n) is 3.88. The maximum atomic E-state index is 9.28. The van der Waals surface area contributed by atoms with Crippen LogP contribution in [0.15, 0.2) is 35.6 Å². The quantitative estimate of drug-likeness (QED) is 0.654. The van der Waals surface area contributed by atoms with Gasteiger partial charge in [-0.2, -0.15) is 0 Å². The van der Waals surface area contributed by atoms with Crippen LogP contribution in [0.4, 0.5) is 11.5 Å². The maximum Gasteiger partial charge on any atom is 0.189 e. The van der Waals surface area contributed by atoms with E-state index in [-0.39, 0.29) is 6.61 Å². The van der Waals surface area contributed by atoms with Gasteiger partial charge in [0.25, 0.3) is 0 Å². The monoisotopic (exact) mass is 261 g/mol. The van der Waals surface area contributed by atoms with Crippen molar-refractivity contribution in [1.82, 2.24) is 9.97 Å². The first-order chi connectivity index (χ1) is 8.72. The lowest BCUT2D eigenvalue weighted by Gasteiger charge is -2.10. The average Bonchev–Trinajstić information content (AvgIpc) is 2.41. The Morgan fingerprint density at radius 2 is 2.00 bits per heavy atom. The summed E-state index contributed by atoms with van der Waals surface area (Å²) in [6.07, 6.45) is 3.57. The van der Waals surface area contributed by atoms with Gasteiger partial charge in [0.2, 0.25) is 0 Å². The van der Waals surface area contributed by atoms with Crippen LogP contribution in [0.1, 0.15) is 11.1 Å². The van der Waals surface area contributed by atoms with Crippen molar-refractivity contribution in [2.45, 2.75) is 18.7 Å². The summed E-state index contributed by atoms with van der Waals surface area (Å²) in [6, 6.07) is 8.02. The maximum absolute atomic E-state index is 9.28. The van der Waals surface area contributed by atoms with E-state index in [1.54, 1.807) is 6.20 Å². The van der Waals surface area contributed by atoms with Crippen molar-refractivity contribution in [2.24, 2.45) is 0 Å². The van der Waals surface area contributed by atoms with Gasteiger partial charge in [0.05, 0.1) is 6.61 Å². The van der Waals surface area contributed by atoms with Crippen LogP contribution in [0.2, 0.25) is 0 Å². The third-order valence-electron chi connectivity index (χ3n) is 2.51. The molecule has 94 valence electrons. The van der Waals surface area contributed by atoms with Crippen molar-refractivity contribution in [1.29, 1.82) is 0 Å². The van der Waals surface area contributed by atoms with E-state index in [1.807, 2.05) is 37.4 Å². The number of anilines is 2. The third-order valence-corrected chi connectivity index (χ3v) is 3.07. The molecule has 0 radical (unpaired) electrons. The van der Waals surface area contributed by atoms with E-state index in [2.05, 4.69) is 15.3 Å². The molecule has 0 unspecified atom stereocenters. The molecule has 0 saturated heterocycles. The minimum Gasteiger partial charge on any atom is -0.391 e. The molecule has 0 bridgehead atoms. The Kier molecular flexibility index (Phi) is 4.17. The summed E-state index contributed by atoms with van der Waals surface area (Å²) in [5.74, 6) is 0.653. The van der Waals surface area contributed by atoms with Crippen molar-refractivity contribution in [3.63, 3.8) is 0 Å². The topological polar surface area (TPSA) is 58.0 Å². The van der Waals surface area contributed by atoms with Crippen LogP contribution in [-0.4, -0.2) is 21.3 Å². The average molecular weight is 261 g/mol. The van der Waals surface area contributed by atoms with E-state index in [0.29, 0.717) is 16.5 Å². The van der Waals surface area contributed by atoms with Gasteiger partial charge >= 0.3 is 0 Å². The van der Waals surface area contributed by atoms with Gasteiger partial charge in [-0.25, -0.2) is 9.97 Å². The Morgan fingerprint density at radius 3 is 2.61 bits per heavy atom. The van der Waals surface area contributed by atoms with E-state index in [1.165, 1.54) is 17.3 Å². The molecule has 0 saturated carbocycles. The second-order valence-corrected chi connectivity index (χ2v) is 4.65. The standard InChI is InChI=1S/C13H15N3OS/c1-9-3-5-11(6-4-9)15-12-10(8-17)7-14-13(16-12)18-2/h3-7,17H,8H2,1-2H3,(H,14,15,16). The largest absolute Gasteiger partial charge is 0.391 e. The normalized spacial score (nSPS) is 10.4. The predicted molar refractivity (Wildman–Crippen MR) is 74.2 cm³/mol. The number of aryl methyl sites for hydroxylation is 1. The first-order valence-corrected chi connectivity index (χ1v) is 6.80. The highest BCUT2D eigenvalue weighted by molar-refractivity contribution is 7.98. The number of aliphatic hydroxyl groups is 1. The van der Waals surface area contributed by atoms with E-state index in [0.717, 1.165) is 5.69 Å². The number of rotatable bonds is 4. The zero-order valence-electron chi connectivity index (χ0n) is 10.3. The van der Waals surface area contributed by atoms with Gasteiger partial charge < -0.3 is 10.4 Å². The molecule has 0 aliphatic rings. The second kappa shape index (κ2) is 5.84. The van der Waals surface area contributed by atoms with Crippen LogP contribution in [0.25, 0.3) is 0 Å². The van der Waals surface area contributed by atoms with Gasteiger partial charge in [-0.3, -0.25) is 0 Å². The van der Waals surface area contributed by atoms with Gasteiger partial charge in [-0.15, -0.1) is 0 Å². The van der Waals surface area contributed by atoms with Crippen LogP contribution in [0, 0.1) is 6.92 Å². The molecule has 0 spiro atoms. The Labute approximate surface area is 110 Å². The molecule has 0 aliphatic heterocycles. The summed E-state index contributed by atoms with van der Waals surface area (Å²) in [5.41, 5.74) is 2.84. The van der Waals surface area contributed by atoms with Gasteiger partial charge in [0.15, 0.2) is 5.16 Å². The number of nitrogens with one attached hydrogen (secondary N) is 1. The fraction of sp³-hybridized carbons (Fsp3) is 0.231. The Morgan fingerprint density at radius 1 is 1.28 bits per heavy atom. The Hall–Kier alpha value is -1.59. The van der Waals surface area contributed by atoms with Gasteiger partial charge in [-0.1, -0.05) is 29.5 Å². The van der Waals surface area contributed by atoms with Crippen molar-refractivity contribution < 1.29 is 5.11 Å². The SMILES string of the molecule is CSc1ncc(CO)c(Nc2ccc(C)cc2)n1. The number of hydrogen-bond donors (Lipinski definition) is 2. The summed E-state index contributed by atoms with van der Waals surface area (Å²) in [7, 11) is 0. The number of thioether (sulfide) groups is 1. The molecule has 0 atom stereocenters. The molecular weight excluding hydrogens is 246 g/mol. The molecule has 0 aliphatic carbocycles. The number of aliphatic hydroxyl groups excluding tert-OH is 1. The molecule has 18 heavy (non-hydrogen) atoms. The molecule has 1 aromatic heterocycles. The van der Waals surface area contributed by atoms with Gasteiger partial charge in [-0.05, 0) is 25.3 Å². The van der Waals surface area contributed by atoms with Crippen molar-refractivity contribution in [3.05, 3.63) is 41.6 Å². The summed E-state index contributed by atoms with van der Waals surface area (Å²) in [4.78, 5) is 8.50. The highest BCUT2D eigenvalue weighted by Gasteiger charge is 2.06. The van der Waals surface area contributed by atoms with E-state index < -0.39 is 0 Å². The molecule has 5 heteroatoms. The molecule has 1 heterocycles. The molecule has 2 N–H and O–H groups in total. The number of hydrogen-bond acceptors (Lipinski definition) is 5. The zero-order valence-corrected chi connectivity index (χ0v) is 11.2. The number of benzene rings is 1. The highest BCUT2D eigenvalue weighted by atomic mass is 32.2. The Bertz CT molecular complexity index is 528. The zero-order chi connectivity index (χ0) is 13.0. The number of aromatic nitrogens is 2. The molecule has 2 rings (SSSR count). The van der Waals surface area contributed by atoms with Crippen molar-refractivity contribution in [2.75, 3.05) is 11.6 Å². The fourth-order valence-corrected chi connectivity index (χ4v) is 1.83. The molecule has 0 amide bonds. The number of nitrogens with zero attached hydrogens (tertiary/aromatic N) is 2. The summed E-state index contributed by atoms with van der Waals surface area (Å²) in [5, 5.41) is 13.2. The lowest BCUT2D eigenvalue weighted by atomic mass is 10.2. The van der Waals surface area contributed by atoms with E-state index >= 15 is 0 Å². The minimum absolute atomic E-state index is 0.0805. The molecule has 2 aromatic rings. The molecular formula is C13H15N3OS. The fourth-order valence-electron chi connectivity index (χ4n) is 1.49. The van der Waals surface area contributed by atoms with Crippen LogP contribution in [-0.2, 0) is 6.61 Å². The lowest BCUT2D eigenvalue weighted by Crippen LogP contribution is -2.01.